The third kappa shape index (κ3) is 5.42. The van der Waals surface area contributed by atoms with Crippen molar-refractivity contribution in [2.75, 3.05) is 17.7 Å². The molecule has 0 bridgehead atoms. The van der Waals surface area contributed by atoms with Crippen LogP contribution in [0, 0.1) is 29.6 Å². The number of carbonyl (C=O) groups excluding carboxylic acids is 1. The molecule has 0 radical (unpaired) electrons. The Balaban J connectivity index is 1.30. The second-order valence-electron chi connectivity index (χ2n) is 10.9. The molecule has 8 nitrogen and oxygen atoms in total. The minimum absolute atomic E-state index is 0.0993. The lowest BCUT2D eigenvalue weighted by Crippen LogP contribution is -2.28. The maximum atomic E-state index is 13.1. The van der Waals surface area contributed by atoms with Gasteiger partial charge >= 0.3 is 0 Å². The predicted octanol–water partition coefficient (Wildman–Crippen LogP) is 6.23. The van der Waals surface area contributed by atoms with Gasteiger partial charge in [-0.25, -0.2) is 0 Å². The molecular formula is C28H35N5O3S2. The molecule has 0 aromatic carbocycles. The quantitative estimate of drug-likeness (QED) is 0.313. The van der Waals surface area contributed by atoms with E-state index in [-0.39, 0.29) is 23.2 Å². The minimum atomic E-state index is -0.150. The Hall–Kier alpha value is -2.61. The number of thiophene rings is 1. The van der Waals surface area contributed by atoms with E-state index in [1.54, 1.807) is 17.6 Å². The van der Waals surface area contributed by atoms with Crippen molar-refractivity contribution in [2.45, 2.75) is 84.0 Å². The Morgan fingerprint density at radius 2 is 2.21 bits per heavy atom. The number of thioether (sulfide) groups is 1. The first-order valence-electron chi connectivity index (χ1n) is 13.4. The molecule has 10 heteroatoms. The first kappa shape index (κ1) is 27.0. The average molecular weight is 554 g/mol. The molecule has 0 saturated carbocycles. The van der Waals surface area contributed by atoms with Crippen LogP contribution in [0.1, 0.15) is 68.2 Å². The normalized spacial score (nSPS) is 19.3. The van der Waals surface area contributed by atoms with Gasteiger partial charge in [0.05, 0.1) is 35.8 Å². The van der Waals surface area contributed by atoms with E-state index in [9.17, 15) is 10.1 Å². The van der Waals surface area contributed by atoms with Crippen molar-refractivity contribution in [1.29, 1.82) is 5.26 Å². The van der Waals surface area contributed by atoms with Crippen LogP contribution in [0.15, 0.2) is 21.9 Å². The molecule has 38 heavy (non-hydrogen) atoms. The number of amides is 1. The van der Waals surface area contributed by atoms with Gasteiger partial charge in [-0.2, -0.15) is 5.26 Å². The molecule has 1 fully saturated rings. The van der Waals surface area contributed by atoms with Gasteiger partial charge < -0.3 is 14.5 Å². The SMILES string of the molecule is CCC(C)(C)C1CCc2c(sc(NC(=O)CSc3nnc(-c4ccoc4C)n3CC3CCCO3)c2C#N)C1. The molecule has 3 aromatic heterocycles. The molecule has 1 aliphatic carbocycles. The van der Waals surface area contributed by atoms with Crippen LogP contribution < -0.4 is 5.32 Å². The predicted molar refractivity (Wildman–Crippen MR) is 149 cm³/mol. The van der Waals surface area contributed by atoms with Crippen molar-refractivity contribution in [3.63, 3.8) is 0 Å². The summed E-state index contributed by atoms with van der Waals surface area (Å²) < 4.78 is 13.4. The zero-order valence-electron chi connectivity index (χ0n) is 22.5. The summed E-state index contributed by atoms with van der Waals surface area (Å²) in [5.74, 6) is 2.11. The van der Waals surface area contributed by atoms with E-state index < -0.39 is 0 Å². The summed E-state index contributed by atoms with van der Waals surface area (Å²) in [7, 11) is 0. The fraction of sp³-hybridized carbons (Fsp3) is 0.571. The average Bonchev–Trinajstić information content (AvgIpc) is 3.70. The molecule has 1 aliphatic heterocycles. The molecule has 3 aromatic rings. The van der Waals surface area contributed by atoms with E-state index in [2.05, 4.69) is 42.4 Å². The van der Waals surface area contributed by atoms with Crippen molar-refractivity contribution in [2.24, 2.45) is 11.3 Å². The van der Waals surface area contributed by atoms with Crippen LogP contribution in [0.4, 0.5) is 5.00 Å². The highest BCUT2D eigenvalue weighted by molar-refractivity contribution is 7.99. The summed E-state index contributed by atoms with van der Waals surface area (Å²) in [6.07, 6.45) is 7.87. The Labute approximate surface area is 232 Å². The van der Waals surface area contributed by atoms with Crippen LogP contribution in [0.2, 0.25) is 0 Å². The number of carbonyl (C=O) groups is 1. The van der Waals surface area contributed by atoms with Crippen molar-refractivity contribution in [3.8, 4) is 17.5 Å². The van der Waals surface area contributed by atoms with Gasteiger partial charge in [-0.3, -0.25) is 9.36 Å². The number of nitrogens with one attached hydrogen (secondary N) is 1. The van der Waals surface area contributed by atoms with Gasteiger partial charge in [0.1, 0.15) is 16.8 Å². The van der Waals surface area contributed by atoms with Gasteiger partial charge in [-0.15, -0.1) is 21.5 Å². The van der Waals surface area contributed by atoms with Crippen molar-refractivity contribution >= 4 is 34.0 Å². The number of nitrogens with zero attached hydrogens (tertiary/aromatic N) is 4. The number of anilines is 1. The molecule has 2 unspecified atom stereocenters. The number of fused-ring (bicyclic) bond motifs is 1. The van der Waals surface area contributed by atoms with Gasteiger partial charge in [-0.1, -0.05) is 39.0 Å². The maximum absolute atomic E-state index is 13.1. The lowest BCUT2D eigenvalue weighted by molar-refractivity contribution is -0.113. The molecule has 1 saturated heterocycles. The standard InChI is InChI=1S/C28H35N5O3S2/c1-5-28(3,4)18-8-9-21-22(14-29)26(38-23(21)13-18)30-24(34)16-37-27-32-31-25(20-10-12-35-17(20)2)33(27)15-19-7-6-11-36-19/h10,12,18-19H,5-9,11,13,15-16H2,1-4H3,(H,30,34). The molecule has 4 heterocycles. The topological polar surface area (TPSA) is 106 Å². The Morgan fingerprint density at radius 3 is 2.89 bits per heavy atom. The van der Waals surface area contributed by atoms with E-state index in [0.29, 0.717) is 28.2 Å². The molecule has 2 atom stereocenters. The summed E-state index contributed by atoms with van der Waals surface area (Å²) in [5, 5.41) is 23.1. The fourth-order valence-corrected chi connectivity index (χ4v) is 7.45. The Bertz CT molecular complexity index is 1340. The monoisotopic (exact) mass is 553 g/mol. The van der Waals surface area contributed by atoms with E-state index >= 15 is 0 Å². The first-order chi connectivity index (χ1) is 18.3. The number of aryl methyl sites for hydroxylation is 1. The van der Waals surface area contributed by atoms with Gasteiger partial charge in [0.25, 0.3) is 0 Å². The fourth-order valence-electron chi connectivity index (χ4n) is 5.41. The molecule has 0 spiro atoms. The van der Waals surface area contributed by atoms with Gasteiger partial charge in [0.15, 0.2) is 11.0 Å². The molecule has 1 N–H and O–H groups in total. The number of hydrogen-bond donors (Lipinski definition) is 1. The van der Waals surface area contributed by atoms with Gasteiger partial charge in [-0.05, 0) is 62.0 Å². The highest BCUT2D eigenvalue weighted by Gasteiger charge is 2.34. The highest BCUT2D eigenvalue weighted by atomic mass is 32.2. The first-order valence-corrected chi connectivity index (χ1v) is 15.2. The van der Waals surface area contributed by atoms with E-state index in [1.807, 2.05) is 17.6 Å². The number of rotatable bonds is 9. The lowest BCUT2D eigenvalue weighted by Gasteiger charge is -2.36. The second kappa shape index (κ2) is 11.2. The number of aromatic nitrogens is 3. The van der Waals surface area contributed by atoms with Crippen molar-refractivity contribution < 1.29 is 13.9 Å². The van der Waals surface area contributed by atoms with Crippen molar-refractivity contribution in [3.05, 3.63) is 34.1 Å². The highest BCUT2D eigenvalue weighted by Crippen LogP contribution is 2.45. The third-order valence-electron chi connectivity index (χ3n) is 8.21. The summed E-state index contributed by atoms with van der Waals surface area (Å²) >= 11 is 2.92. The summed E-state index contributed by atoms with van der Waals surface area (Å²) in [6.45, 7) is 10.2. The Morgan fingerprint density at radius 1 is 1.37 bits per heavy atom. The molecule has 2 aliphatic rings. The van der Waals surface area contributed by atoms with Crippen LogP contribution in [0.25, 0.3) is 11.4 Å². The van der Waals surface area contributed by atoms with Crippen molar-refractivity contribution in [1.82, 2.24) is 14.8 Å². The Kier molecular flexibility index (Phi) is 7.98. The zero-order valence-corrected chi connectivity index (χ0v) is 24.1. The van der Waals surface area contributed by atoms with Crippen LogP contribution in [-0.4, -0.2) is 39.1 Å². The largest absolute Gasteiger partial charge is 0.469 e. The second-order valence-corrected chi connectivity index (χ2v) is 12.9. The molecule has 5 rings (SSSR count). The molecular weight excluding hydrogens is 518 g/mol. The van der Waals surface area contributed by atoms with Crippen LogP contribution in [-0.2, 0) is 28.9 Å². The van der Waals surface area contributed by atoms with Crippen LogP contribution in [0.5, 0.6) is 0 Å². The number of hydrogen-bond acceptors (Lipinski definition) is 8. The third-order valence-corrected chi connectivity index (χ3v) is 10.3. The number of ether oxygens (including phenoxy) is 1. The van der Waals surface area contributed by atoms with Crippen LogP contribution >= 0.6 is 23.1 Å². The van der Waals surface area contributed by atoms with Gasteiger partial charge in [0, 0.05) is 11.5 Å². The summed E-state index contributed by atoms with van der Waals surface area (Å²) in [6, 6.07) is 4.25. The maximum Gasteiger partial charge on any atom is 0.235 e. The van der Waals surface area contributed by atoms with E-state index in [0.717, 1.165) is 67.8 Å². The van der Waals surface area contributed by atoms with Crippen LogP contribution in [0.3, 0.4) is 0 Å². The summed E-state index contributed by atoms with van der Waals surface area (Å²) in [4.78, 5) is 14.3. The lowest BCUT2D eigenvalue weighted by atomic mass is 9.69. The summed E-state index contributed by atoms with van der Waals surface area (Å²) in [5.41, 5.74) is 2.91. The van der Waals surface area contributed by atoms with E-state index in [1.165, 1.54) is 16.6 Å². The molecule has 202 valence electrons. The number of furan rings is 1. The van der Waals surface area contributed by atoms with Gasteiger partial charge in [0.2, 0.25) is 5.91 Å². The number of nitriles is 1. The minimum Gasteiger partial charge on any atom is -0.469 e. The smallest absolute Gasteiger partial charge is 0.235 e. The van der Waals surface area contributed by atoms with E-state index in [4.69, 9.17) is 9.15 Å². The molecule has 1 amide bonds. The zero-order chi connectivity index (χ0) is 26.9.